The molecule has 0 atom stereocenters. The largest absolute Gasteiger partial charge is 0.497 e. The molecule has 0 bridgehead atoms. The predicted molar refractivity (Wildman–Crippen MR) is 126 cm³/mol. The molecule has 0 heterocycles. The quantitative estimate of drug-likeness (QED) is 0.396. The molecule has 3 rings (SSSR count). The molecule has 0 aromatic heterocycles. The van der Waals surface area contributed by atoms with Crippen molar-refractivity contribution in [3.8, 4) is 11.5 Å². The number of methoxy groups -OCH3 is 1. The Kier molecular flexibility index (Phi) is 7.58. The highest BCUT2D eigenvalue weighted by Gasteiger charge is 2.15. The molecule has 0 saturated carbocycles. The van der Waals surface area contributed by atoms with Crippen LogP contribution in [0.3, 0.4) is 0 Å². The Labute approximate surface area is 197 Å². The maximum atomic E-state index is 12.5. The molecule has 3 aromatic carbocycles. The Bertz CT molecular complexity index is 1170. The van der Waals surface area contributed by atoms with E-state index < -0.39 is 10.0 Å². The predicted octanol–water partition coefficient (Wildman–Crippen LogP) is 5.04. The second-order valence-corrected chi connectivity index (χ2v) is 9.72. The van der Waals surface area contributed by atoms with Gasteiger partial charge in [0.05, 0.1) is 16.5 Å². The molecule has 0 fully saturated rings. The fourth-order valence-electron chi connectivity index (χ4n) is 2.52. The molecule has 0 spiro atoms. The Hall–Kier alpha value is -2.56. The summed E-state index contributed by atoms with van der Waals surface area (Å²) in [6.07, 6.45) is 0. The van der Waals surface area contributed by atoms with E-state index in [9.17, 15) is 13.2 Å². The number of amides is 1. The molecule has 0 aliphatic rings. The average Bonchev–Trinajstić information content (AvgIpc) is 2.74. The maximum absolute atomic E-state index is 12.5. The van der Waals surface area contributed by atoms with E-state index in [1.807, 2.05) is 6.07 Å². The van der Waals surface area contributed by atoms with Gasteiger partial charge in [-0.15, -0.1) is 0 Å². The Morgan fingerprint density at radius 3 is 2.19 bits per heavy atom. The molecule has 0 saturated heterocycles. The number of anilines is 2. The molecule has 1 amide bonds. The van der Waals surface area contributed by atoms with Gasteiger partial charge in [0.2, 0.25) is 0 Å². The fourth-order valence-corrected chi connectivity index (χ4v) is 4.74. The van der Waals surface area contributed by atoms with E-state index in [1.54, 1.807) is 36.4 Å². The van der Waals surface area contributed by atoms with Crippen molar-refractivity contribution in [2.45, 2.75) is 4.90 Å². The molecular formula is C21H18Br2N2O5S. The molecule has 0 aliphatic heterocycles. The Morgan fingerprint density at radius 2 is 1.58 bits per heavy atom. The summed E-state index contributed by atoms with van der Waals surface area (Å²) in [5, 5.41) is 2.67. The van der Waals surface area contributed by atoms with Crippen molar-refractivity contribution in [1.29, 1.82) is 0 Å². The minimum atomic E-state index is -3.77. The Morgan fingerprint density at radius 1 is 0.935 bits per heavy atom. The third-order valence-electron chi connectivity index (χ3n) is 4.04. The lowest BCUT2D eigenvalue weighted by molar-refractivity contribution is -0.118. The van der Waals surface area contributed by atoms with Crippen LogP contribution < -0.4 is 19.5 Å². The molecule has 7 nitrogen and oxygen atoms in total. The van der Waals surface area contributed by atoms with Crippen molar-refractivity contribution in [3.05, 3.63) is 75.7 Å². The van der Waals surface area contributed by atoms with E-state index in [4.69, 9.17) is 9.47 Å². The number of hydrogen-bond acceptors (Lipinski definition) is 5. The molecular weight excluding hydrogens is 552 g/mol. The van der Waals surface area contributed by atoms with Crippen LogP contribution in [0.15, 0.2) is 80.6 Å². The van der Waals surface area contributed by atoms with Gasteiger partial charge in [-0.1, -0.05) is 15.9 Å². The summed E-state index contributed by atoms with van der Waals surface area (Å²) < 4.78 is 39.7. The van der Waals surface area contributed by atoms with Gasteiger partial charge in [-0.05, 0) is 82.7 Å². The number of benzene rings is 3. The minimum absolute atomic E-state index is 0.0661. The van der Waals surface area contributed by atoms with Gasteiger partial charge in [-0.3, -0.25) is 9.52 Å². The van der Waals surface area contributed by atoms with Crippen molar-refractivity contribution in [1.82, 2.24) is 0 Å². The highest BCUT2D eigenvalue weighted by Crippen LogP contribution is 2.28. The molecule has 0 unspecified atom stereocenters. The first-order chi connectivity index (χ1) is 14.8. The number of rotatable bonds is 8. The SMILES string of the molecule is COc1ccc(NS(=O)(=O)c2ccc(NC(=O)COc3ccc(Br)cc3Br)cc2)cc1. The molecule has 162 valence electrons. The summed E-state index contributed by atoms with van der Waals surface area (Å²) in [5.74, 6) is 0.783. The van der Waals surface area contributed by atoms with Crippen LogP contribution >= 0.6 is 31.9 Å². The molecule has 10 heteroatoms. The Balaban J connectivity index is 1.58. The van der Waals surface area contributed by atoms with Crippen molar-refractivity contribution >= 4 is 59.2 Å². The monoisotopic (exact) mass is 568 g/mol. The first kappa shape index (κ1) is 23.1. The van der Waals surface area contributed by atoms with Crippen molar-refractivity contribution < 1.29 is 22.7 Å². The standard InChI is InChI=1S/C21H18Br2N2O5S/c1-29-17-7-3-16(4-8-17)25-31(27,28)18-9-5-15(6-10-18)24-21(26)13-30-20-11-2-14(22)12-19(20)23/h2-12,25H,13H2,1H3,(H,24,26). The van der Waals surface area contributed by atoms with E-state index in [0.717, 1.165) is 4.47 Å². The summed E-state index contributed by atoms with van der Waals surface area (Å²) in [4.78, 5) is 12.2. The number of ether oxygens (including phenoxy) is 2. The van der Waals surface area contributed by atoms with Gasteiger partial charge in [-0.25, -0.2) is 8.42 Å². The zero-order valence-corrected chi connectivity index (χ0v) is 20.3. The average molecular weight is 570 g/mol. The van der Waals surface area contributed by atoms with Gasteiger partial charge < -0.3 is 14.8 Å². The van der Waals surface area contributed by atoms with Crippen LogP contribution in [-0.4, -0.2) is 28.0 Å². The highest BCUT2D eigenvalue weighted by atomic mass is 79.9. The lowest BCUT2D eigenvalue weighted by Crippen LogP contribution is -2.20. The second kappa shape index (κ2) is 10.2. The lowest BCUT2D eigenvalue weighted by atomic mass is 10.3. The van der Waals surface area contributed by atoms with E-state index in [0.29, 0.717) is 27.3 Å². The summed E-state index contributed by atoms with van der Waals surface area (Å²) in [7, 11) is -2.24. The van der Waals surface area contributed by atoms with Crippen LogP contribution in [0.2, 0.25) is 0 Å². The number of carbonyl (C=O) groups excluding carboxylic acids is 1. The molecule has 0 aliphatic carbocycles. The van der Waals surface area contributed by atoms with Gasteiger partial charge in [0, 0.05) is 15.8 Å². The molecule has 3 aromatic rings. The maximum Gasteiger partial charge on any atom is 0.262 e. The number of halogens is 2. The second-order valence-electron chi connectivity index (χ2n) is 6.27. The third kappa shape index (κ3) is 6.46. The minimum Gasteiger partial charge on any atom is -0.497 e. The van der Waals surface area contributed by atoms with Gasteiger partial charge in [-0.2, -0.15) is 0 Å². The summed E-state index contributed by atoms with van der Waals surface area (Å²) >= 11 is 6.71. The van der Waals surface area contributed by atoms with E-state index in [1.165, 1.54) is 31.4 Å². The first-order valence-corrected chi connectivity index (χ1v) is 12.0. The molecule has 0 radical (unpaired) electrons. The van der Waals surface area contributed by atoms with Crippen LogP contribution in [0.4, 0.5) is 11.4 Å². The van der Waals surface area contributed by atoms with E-state index in [2.05, 4.69) is 41.9 Å². The first-order valence-electron chi connectivity index (χ1n) is 8.91. The summed E-state index contributed by atoms with van der Waals surface area (Å²) in [5.41, 5.74) is 0.862. The van der Waals surface area contributed by atoms with E-state index >= 15 is 0 Å². The fraction of sp³-hybridized carbons (Fsp3) is 0.0952. The van der Waals surface area contributed by atoms with Crippen molar-refractivity contribution in [2.24, 2.45) is 0 Å². The highest BCUT2D eigenvalue weighted by molar-refractivity contribution is 9.11. The summed E-state index contributed by atoms with van der Waals surface area (Å²) in [6, 6.07) is 17.7. The van der Waals surface area contributed by atoms with Crippen LogP contribution in [-0.2, 0) is 14.8 Å². The zero-order chi connectivity index (χ0) is 22.4. The van der Waals surface area contributed by atoms with Gasteiger partial charge in [0.15, 0.2) is 6.61 Å². The lowest BCUT2D eigenvalue weighted by Gasteiger charge is -2.11. The van der Waals surface area contributed by atoms with Gasteiger partial charge in [0.25, 0.3) is 15.9 Å². The number of hydrogen-bond donors (Lipinski definition) is 2. The van der Waals surface area contributed by atoms with Crippen molar-refractivity contribution in [3.63, 3.8) is 0 Å². The normalized spacial score (nSPS) is 10.9. The van der Waals surface area contributed by atoms with Gasteiger partial charge >= 0.3 is 0 Å². The number of carbonyl (C=O) groups is 1. The van der Waals surface area contributed by atoms with Crippen LogP contribution in [0.25, 0.3) is 0 Å². The van der Waals surface area contributed by atoms with Crippen LogP contribution in [0.5, 0.6) is 11.5 Å². The van der Waals surface area contributed by atoms with Crippen LogP contribution in [0, 0.1) is 0 Å². The zero-order valence-electron chi connectivity index (χ0n) is 16.3. The smallest absolute Gasteiger partial charge is 0.262 e. The molecule has 2 N–H and O–H groups in total. The van der Waals surface area contributed by atoms with Gasteiger partial charge in [0.1, 0.15) is 11.5 Å². The summed E-state index contributed by atoms with van der Waals surface area (Å²) in [6.45, 7) is -0.195. The number of nitrogens with one attached hydrogen (secondary N) is 2. The van der Waals surface area contributed by atoms with E-state index in [-0.39, 0.29) is 17.4 Å². The van der Waals surface area contributed by atoms with Crippen molar-refractivity contribution in [2.75, 3.05) is 23.8 Å². The third-order valence-corrected chi connectivity index (χ3v) is 6.55. The van der Waals surface area contributed by atoms with Crippen LogP contribution in [0.1, 0.15) is 0 Å². The topological polar surface area (TPSA) is 93.7 Å². The number of sulfonamides is 1. The molecule has 31 heavy (non-hydrogen) atoms.